The number of rotatable bonds is 1. The monoisotopic (exact) mass is 316 g/mol. The van der Waals surface area contributed by atoms with Crippen LogP contribution in [0.1, 0.15) is 18.9 Å². The van der Waals surface area contributed by atoms with E-state index in [2.05, 4.69) is 9.88 Å². The Kier molecular flexibility index (Phi) is 3.79. The van der Waals surface area contributed by atoms with Crippen LogP contribution < -0.4 is 4.90 Å². The first kappa shape index (κ1) is 14.6. The summed E-state index contributed by atoms with van der Waals surface area (Å²) in [5, 5.41) is 0.765. The van der Waals surface area contributed by atoms with Crippen molar-refractivity contribution in [3.05, 3.63) is 23.8 Å². The smallest absolute Gasteiger partial charge is 0.377 e. The van der Waals surface area contributed by atoms with E-state index in [4.69, 9.17) is 4.74 Å². The van der Waals surface area contributed by atoms with Gasteiger partial charge in [-0.05, 0) is 31.5 Å². The van der Waals surface area contributed by atoms with Gasteiger partial charge in [0.15, 0.2) is 5.13 Å². The van der Waals surface area contributed by atoms with Crippen molar-refractivity contribution in [1.82, 2.24) is 4.98 Å². The Hall–Kier alpha value is -1.34. The summed E-state index contributed by atoms with van der Waals surface area (Å²) in [6.45, 7) is 4.23. The van der Waals surface area contributed by atoms with Gasteiger partial charge in [0.25, 0.3) is 0 Å². The maximum atomic E-state index is 12.7. The number of aromatic nitrogens is 1. The number of hydrogen-bond acceptors (Lipinski definition) is 4. The van der Waals surface area contributed by atoms with E-state index in [9.17, 15) is 13.2 Å². The number of hydrogen-bond donors (Lipinski definition) is 0. The van der Waals surface area contributed by atoms with Gasteiger partial charge in [-0.3, -0.25) is 0 Å². The van der Waals surface area contributed by atoms with Crippen LogP contribution in [0.15, 0.2) is 18.2 Å². The maximum absolute atomic E-state index is 12.7. The second-order valence-corrected chi connectivity index (χ2v) is 6.17. The fourth-order valence-corrected chi connectivity index (χ4v) is 3.38. The molecular weight excluding hydrogens is 301 g/mol. The molecule has 7 heteroatoms. The second-order valence-electron chi connectivity index (χ2n) is 5.16. The topological polar surface area (TPSA) is 25.4 Å². The molecule has 0 N–H and O–H groups in total. The maximum Gasteiger partial charge on any atom is 0.416 e. The molecule has 0 saturated carbocycles. The third-order valence-electron chi connectivity index (χ3n) is 3.43. The van der Waals surface area contributed by atoms with Gasteiger partial charge in [-0.15, -0.1) is 0 Å². The zero-order valence-electron chi connectivity index (χ0n) is 11.5. The molecule has 0 bridgehead atoms. The Bertz CT molecular complexity index is 641. The highest BCUT2D eigenvalue weighted by molar-refractivity contribution is 7.22. The molecule has 1 aliphatic heterocycles. The molecule has 1 aliphatic rings. The largest absolute Gasteiger partial charge is 0.416 e. The van der Waals surface area contributed by atoms with E-state index in [1.807, 2.05) is 6.92 Å². The predicted octanol–water partition coefficient (Wildman–Crippen LogP) is 3.93. The number of benzene rings is 1. The first-order chi connectivity index (χ1) is 9.93. The molecule has 0 amide bonds. The average Bonchev–Trinajstić information content (AvgIpc) is 2.72. The molecule has 1 saturated heterocycles. The fourth-order valence-electron chi connectivity index (χ4n) is 2.39. The van der Waals surface area contributed by atoms with Crippen molar-refractivity contribution in [2.24, 2.45) is 0 Å². The highest BCUT2D eigenvalue weighted by Crippen LogP contribution is 2.35. The van der Waals surface area contributed by atoms with Crippen LogP contribution in [-0.2, 0) is 10.9 Å². The molecule has 3 nitrogen and oxygen atoms in total. The minimum atomic E-state index is -4.33. The molecule has 21 heavy (non-hydrogen) atoms. The quantitative estimate of drug-likeness (QED) is 0.797. The van der Waals surface area contributed by atoms with E-state index in [1.54, 1.807) is 0 Å². The number of anilines is 1. The molecule has 0 aliphatic carbocycles. The molecule has 1 atom stereocenters. The van der Waals surface area contributed by atoms with Gasteiger partial charge in [-0.2, -0.15) is 13.2 Å². The van der Waals surface area contributed by atoms with Crippen LogP contribution in [0, 0.1) is 0 Å². The minimum Gasteiger partial charge on any atom is -0.377 e. The summed E-state index contributed by atoms with van der Waals surface area (Å²) < 4.78 is 44.5. The molecule has 1 aromatic carbocycles. The Morgan fingerprint density at radius 1 is 1.38 bits per heavy atom. The lowest BCUT2D eigenvalue weighted by molar-refractivity contribution is -0.137. The number of alkyl halides is 3. The zero-order valence-corrected chi connectivity index (χ0v) is 12.3. The van der Waals surface area contributed by atoms with E-state index >= 15 is 0 Å². The Labute approximate surface area is 124 Å². The first-order valence-corrected chi connectivity index (χ1v) is 7.59. The van der Waals surface area contributed by atoms with Gasteiger partial charge in [0.05, 0.1) is 21.9 Å². The van der Waals surface area contributed by atoms with Crippen LogP contribution in [0.4, 0.5) is 18.3 Å². The number of halogens is 3. The van der Waals surface area contributed by atoms with Gasteiger partial charge in [-0.1, -0.05) is 11.3 Å². The molecule has 0 radical (unpaired) electrons. The molecule has 1 unspecified atom stereocenters. The van der Waals surface area contributed by atoms with Gasteiger partial charge >= 0.3 is 6.18 Å². The second kappa shape index (κ2) is 5.46. The molecule has 1 aromatic heterocycles. The minimum absolute atomic E-state index is 0.102. The van der Waals surface area contributed by atoms with Gasteiger partial charge in [0.2, 0.25) is 0 Å². The van der Waals surface area contributed by atoms with E-state index in [0.29, 0.717) is 18.7 Å². The third-order valence-corrected chi connectivity index (χ3v) is 4.52. The van der Waals surface area contributed by atoms with Crippen LogP contribution in [-0.4, -0.2) is 30.8 Å². The summed E-state index contributed by atoms with van der Waals surface area (Å²) in [5.41, 5.74) is -0.248. The van der Waals surface area contributed by atoms with Crippen molar-refractivity contribution in [2.75, 3.05) is 24.6 Å². The van der Waals surface area contributed by atoms with E-state index in [1.165, 1.54) is 17.4 Å². The lowest BCUT2D eigenvalue weighted by Crippen LogP contribution is -2.29. The Balaban J connectivity index is 1.93. The molecule has 1 fully saturated rings. The summed E-state index contributed by atoms with van der Waals surface area (Å²) in [6, 6.07) is 3.72. The summed E-state index contributed by atoms with van der Waals surface area (Å²) in [4.78, 5) is 6.47. The number of ether oxygens (including phenoxy) is 1. The third kappa shape index (κ3) is 3.13. The highest BCUT2D eigenvalue weighted by Gasteiger charge is 2.31. The predicted molar refractivity (Wildman–Crippen MR) is 76.9 cm³/mol. The molecule has 2 heterocycles. The zero-order chi connectivity index (χ0) is 15.0. The van der Waals surface area contributed by atoms with Crippen LogP contribution in [0.3, 0.4) is 0 Å². The van der Waals surface area contributed by atoms with Gasteiger partial charge in [0.1, 0.15) is 0 Å². The summed E-state index contributed by atoms with van der Waals surface area (Å²) in [5.74, 6) is 0. The normalized spacial score (nSPS) is 20.8. The van der Waals surface area contributed by atoms with Crippen molar-refractivity contribution < 1.29 is 17.9 Å². The fraction of sp³-hybridized carbons (Fsp3) is 0.500. The molecular formula is C14H15F3N2OS. The average molecular weight is 316 g/mol. The molecule has 3 rings (SSSR count). The Morgan fingerprint density at radius 2 is 2.19 bits per heavy atom. The van der Waals surface area contributed by atoms with E-state index in [-0.39, 0.29) is 6.10 Å². The van der Waals surface area contributed by atoms with Crippen LogP contribution in [0.5, 0.6) is 0 Å². The van der Waals surface area contributed by atoms with Gasteiger partial charge in [0, 0.05) is 19.7 Å². The van der Waals surface area contributed by atoms with E-state index in [0.717, 1.165) is 34.9 Å². The standard InChI is InChI=1S/C14H15F3N2OS/c1-9-8-19(5-2-6-20-9)13-18-11-7-10(14(15,16)17)3-4-12(11)21-13/h3-4,7,9H,2,5-6,8H2,1H3. The number of nitrogens with zero attached hydrogens (tertiary/aromatic N) is 2. The highest BCUT2D eigenvalue weighted by atomic mass is 32.1. The van der Waals surface area contributed by atoms with Gasteiger partial charge < -0.3 is 9.64 Å². The van der Waals surface area contributed by atoms with Crippen molar-refractivity contribution in [2.45, 2.75) is 25.6 Å². The van der Waals surface area contributed by atoms with Crippen molar-refractivity contribution in [3.63, 3.8) is 0 Å². The van der Waals surface area contributed by atoms with Crippen molar-refractivity contribution >= 4 is 26.7 Å². The van der Waals surface area contributed by atoms with Crippen molar-refractivity contribution in [1.29, 1.82) is 0 Å². The van der Waals surface area contributed by atoms with Crippen LogP contribution in [0.25, 0.3) is 10.2 Å². The number of thiazole rings is 1. The molecule has 2 aromatic rings. The summed E-state index contributed by atoms with van der Waals surface area (Å²) in [7, 11) is 0. The molecule has 0 spiro atoms. The van der Waals surface area contributed by atoms with E-state index < -0.39 is 11.7 Å². The first-order valence-electron chi connectivity index (χ1n) is 6.78. The van der Waals surface area contributed by atoms with Crippen LogP contribution >= 0.6 is 11.3 Å². The Morgan fingerprint density at radius 3 is 2.95 bits per heavy atom. The lowest BCUT2D eigenvalue weighted by atomic mass is 10.2. The number of fused-ring (bicyclic) bond motifs is 1. The lowest BCUT2D eigenvalue weighted by Gasteiger charge is -2.20. The van der Waals surface area contributed by atoms with Crippen LogP contribution in [0.2, 0.25) is 0 Å². The summed E-state index contributed by atoms with van der Waals surface area (Å²) >= 11 is 1.43. The SMILES string of the molecule is CC1CN(c2nc3cc(C(F)(F)F)ccc3s2)CCCO1. The van der Waals surface area contributed by atoms with Gasteiger partial charge in [-0.25, -0.2) is 4.98 Å². The summed E-state index contributed by atoms with van der Waals surface area (Å²) in [6.07, 6.45) is -3.33. The molecule has 114 valence electrons. The van der Waals surface area contributed by atoms with Crippen molar-refractivity contribution in [3.8, 4) is 0 Å².